The summed E-state index contributed by atoms with van der Waals surface area (Å²) < 4.78 is 0. The van der Waals surface area contributed by atoms with Gasteiger partial charge in [0.15, 0.2) is 0 Å². The van der Waals surface area contributed by atoms with Gasteiger partial charge in [-0.05, 0) is 55.7 Å². The largest absolute Gasteiger partial charge is 0.349 e. The first-order valence-electron chi connectivity index (χ1n) is 12.7. The molecule has 3 aromatic rings. The highest BCUT2D eigenvalue weighted by atomic mass is 32.2. The highest BCUT2D eigenvalue weighted by molar-refractivity contribution is 7.99. The lowest BCUT2D eigenvalue weighted by atomic mass is 9.96. The zero-order valence-corrected chi connectivity index (χ0v) is 21.1. The number of anilines is 1. The average molecular weight is 485 g/mol. The summed E-state index contributed by atoms with van der Waals surface area (Å²) in [5.41, 5.74) is 4.33. The van der Waals surface area contributed by atoms with Crippen LogP contribution in [0.2, 0.25) is 0 Å². The van der Waals surface area contributed by atoms with Gasteiger partial charge < -0.3 is 10.2 Å². The standard InChI is InChI=1S/C30H32N2O2S/c1-21-10-9-11-22(18-21)20-32-26-19-23(29(33)31-24-12-5-3-2-4-6-13-24)16-17-28(26)35-27-15-8-7-14-25(27)30(32)34/h7-11,14-19,24H,2-6,12-13,20H2,1H3,(H,31,33). The third-order valence-corrected chi connectivity index (χ3v) is 8.10. The third-order valence-electron chi connectivity index (χ3n) is 6.96. The molecule has 0 aromatic heterocycles. The van der Waals surface area contributed by atoms with Crippen LogP contribution in [0.25, 0.3) is 0 Å². The molecule has 0 bridgehead atoms. The van der Waals surface area contributed by atoms with E-state index in [1.165, 1.54) is 32.1 Å². The van der Waals surface area contributed by atoms with Crippen LogP contribution in [0.4, 0.5) is 5.69 Å². The number of carbonyl (C=O) groups is 2. The van der Waals surface area contributed by atoms with Gasteiger partial charge in [-0.3, -0.25) is 9.59 Å². The molecule has 180 valence electrons. The average Bonchev–Trinajstić information content (AvgIpc) is 2.95. The molecule has 1 saturated carbocycles. The summed E-state index contributed by atoms with van der Waals surface area (Å²) in [5, 5.41) is 3.28. The second-order valence-corrected chi connectivity index (χ2v) is 10.8. The van der Waals surface area contributed by atoms with Gasteiger partial charge in [-0.1, -0.05) is 85.8 Å². The van der Waals surface area contributed by atoms with E-state index in [9.17, 15) is 9.59 Å². The zero-order valence-electron chi connectivity index (χ0n) is 20.3. The minimum absolute atomic E-state index is 0.0362. The van der Waals surface area contributed by atoms with E-state index in [0.717, 1.165) is 39.4 Å². The summed E-state index contributed by atoms with van der Waals surface area (Å²) >= 11 is 1.59. The van der Waals surface area contributed by atoms with Gasteiger partial charge in [-0.2, -0.15) is 0 Å². The Bertz CT molecular complexity index is 1230. The lowest BCUT2D eigenvalue weighted by molar-refractivity contribution is 0.0928. The van der Waals surface area contributed by atoms with Gasteiger partial charge in [0.25, 0.3) is 11.8 Å². The molecule has 0 atom stereocenters. The summed E-state index contributed by atoms with van der Waals surface area (Å²) in [5.74, 6) is -0.0842. The predicted molar refractivity (Wildman–Crippen MR) is 142 cm³/mol. The Morgan fingerprint density at radius 3 is 2.49 bits per heavy atom. The number of nitrogens with one attached hydrogen (secondary N) is 1. The van der Waals surface area contributed by atoms with Crippen LogP contribution >= 0.6 is 11.8 Å². The number of hydrogen-bond donors (Lipinski definition) is 1. The quantitative estimate of drug-likeness (QED) is 0.428. The zero-order chi connectivity index (χ0) is 24.2. The molecule has 0 unspecified atom stereocenters. The topological polar surface area (TPSA) is 49.4 Å². The maximum absolute atomic E-state index is 13.8. The highest BCUT2D eigenvalue weighted by Gasteiger charge is 2.28. The van der Waals surface area contributed by atoms with Gasteiger partial charge in [0.2, 0.25) is 0 Å². The van der Waals surface area contributed by atoms with Gasteiger partial charge in [0.05, 0.1) is 17.8 Å². The molecular weight excluding hydrogens is 452 g/mol. The molecule has 5 heteroatoms. The molecule has 2 aliphatic rings. The van der Waals surface area contributed by atoms with Gasteiger partial charge in [0.1, 0.15) is 0 Å². The molecule has 0 radical (unpaired) electrons. The highest BCUT2D eigenvalue weighted by Crippen LogP contribution is 2.42. The number of rotatable bonds is 4. The summed E-state index contributed by atoms with van der Waals surface area (Å²) in [6.07, 6.45) is 8.22. The van der Waals surface area contributed by atoms with Crippen LogP contribution < -0.4 is 10.2 Å². The molecule has 5 rings (SSSR count). The third kappa shape index (κ3) is 5.46. The van der Waals surface area contributed by atoms with Crippen molar-refractivity contribution in [1.82, 2.24) is 5.32 Å². The molecule has 2 amide bonds. The number of carbonyl (C=O) groups excluding carboxylic acids is 2. The number of hydrogen-bond acceptors (Lipinski definition) is 3. The van der Waals surface area contributed by atoms with Crippen LogP contribution in [-0.2, 0) is 6.54 Å². The predicted octanol–water partition coefficient (Wildman–Crippen LogP) is 7.15. The van der Waals surface area contributed by atoms with Crippen molar-refractivity contribution in [2.24, 2.45) is 0 Å². The molecule has 1 heterocycles. The molecule has 1 aliphatic carbocycles. The summed E-state index contributed by atoms with van der Waals surface area (Å²) in [6.45, 7) is 2.51. The fourth-order valence-electron chi connectivity index (χ4n) is 5.08. The van der Waals surface area contributed by atoms with Crippen molar-refractivity contribution in [3.8, 4) is 0 Å². The van der Waals surface area contributed by atoms with Crippen LogP contribution in [0, 0.1) is 6.92 Å². The van der Waals surface area contributed by atoms with Crippen molar-refractivity contribution in [2.45, 2.75) is 74.2 Å². The Morgan fingerprint density at radius 2 is 1.69 bits per heavy atom. The molecule has 35 heavy (non-hydrogen) atoms. The van der Waals surface area contributed by atoms with Gasteiger partial charge in [-0.25, -0.2) is 0 Å². The summed E-state index contributed by atoms with van der Waals surface area (Å²) in [7, 11) is 0. The summed E-state index contributed by atoms with van der Waals surface area (Å²) in [6, 6.07) is 22.0. The Hall–Kier alpha value is -3.05. The van der Waals surface area contributed by atoms with E-state index < -0.39 is 0 Å². The van der Waals surface area contributed by atoms with Crippen molar-refractivity contribution in [1.29, 1.82) is 0 Å². The Balaban J connectivity index is 1.48. The van der Waals surface area contributed by atoms with E-state index in [0.29, 0.717) is 17.7 Å². The number of amides is 2. The molecule has 1 aliphatic heterocycles. The van der Waals surface area contributed by atoms with Crippen LogP contribution in [-0.4, -0.2) is 17.9 Å². The first kappa shape index (κ1) is 23.7. The molecule has 1 fully saturated rings. The fourth-order valence-corrected chi connectivity index (χ4v) is 6.14. The van der Waals surface area contributed by atoms with E-state index in [-0.39, 0.29) is 17.9 Å². The lowest BCUT2D eigenvalue weighted by Gasteiger charge is -2.25. The van der Waals surface area contributed by atoms with Crippen LogP contribution in [0.5, 0.6) is 0 Å². The van der Waals surface area contributed by atoms with Crippen LogP contribution in [0.3, 0.4) is 0 Å². The molecule has 3 aromatic carbocycles. The van der Waals surface area contributed by atoms with Crippen molar-refractivity contribution in [3.05, 3.63) is 89.0 Å². The molecule has 0 spiro atoms. The number of aryl methyl sites for hydroxylation is 1. The fraction of sp³-hybridized carbons (Fsp3) is 0.333. The van der Waals surface area contributed by atoms with Gasteiger partial charge >= 0.3 is 0 Å². The molecule has 4 nitrogen and oxygen atoms in total. The Kier molecular flexibility index (Phi) is 7.24. The lowest BCUT2D eigenvalue weighted by Crippen LogP contribution is -2.35. The number of nitrogens with zero attached hydrogens (tertiary/aromatic N) is 1. The second-order valence-electron chi connectivity index (χ2n) is 9.68. The second kappa shape index (κ2) is 10.7. The summed E-state index contributed by atoms with van der Waals surface area (Å²) in [4.78, 5) is 30.8. The van der Waals surface area contributed by atoms with Crippen LogP contribution in [0.15, 0.2) is 76.5 Å². The maximum atomic E-state index is 13.8. The van der Waals surface area contributed by atoms with E-state index in [1.807, 2.05) is 53.4 Å². The van der Waals surface area contributed by atoms with Crippen molar-refractivity contribution < 1.29 is 9.59 Å². The number of benzene rings is 3. The molecule has 0 saturated heterocycles. The normalized spacial score (nSPS) is 16.5. The monoisotopic (exact) mass is 484 g/mol. The van der Waals surface area contributed by atoms with E-state index in [2.05, 4.69) is 30.4 Å². The first-order chi connectivity index (χ1) is 17.1. The van der Waals surface area contributed by atoms with Crippen molar-refractivity contribution in [2.75, 3.05) is 4.90 Å². The minimum Gasteiger partial charge on any atom is -0.349 e. The molecular formula is C30H32N2O2S. The Morgan fingerprint density at radius 1 is 0.914 bits per heavy atom. The van der Waals surface area contributed by atoms with Gasteiger partial charge in [0, 0.05) is 21.4 Å². The number of fused-ring (bicyclic) bond motifs is 2. The SMILES string of the molecule is Cc1cccc(CN2C(=O)c3ccccc3Sc3ccc(C(=O)NC4CCCCCCC4)cc32)c1. The van der Waals surface area contributed by atoms with E-state index in [4.69, 9.17) is 0 Å². The van der Waals surface area contributed by atoms with E-state index >= 15 is 0 Å². The van der Waals surface area contributed by atoms with Gasteiger partial charge in [-0.15, -0.1) is 0 Å². The van der Waals surface area contributed by atoms with E-state index in [1.54, 1.807) is 11.8 Å². The smallest absolute Gasteiger partial charge is 0.259 e. The van der Waals surface area contributed by atoms with Crippen LogP contribution in [0.1, 0.15) is 76.8 Å². The van der Waals surface area contributed by atoms with Crippen molar-refractivity contribution in [3.63, 3.8) is 0 Å². The van der Waals surface area contributed by atoms with Crippen molar-refractivity contribution >= 4 is 29.3 Å². The molecule has 1 N–H and O–H groups in total. The maximum Gasteiger partial charge on any atom is 0.259 e. The first-order valence-corrected chi connectivity index (χ1v) is 13.5. The Labute approximate surface area is 212 Å². The minimum atomic E-state index is -0.0481.